The van der Waals surface area contributed by atoms with Crippen LogP contribution in [0.5, 0.6) is 6.01 Å². The molecular formula is C21H27ClFN7O2. The smallest absolute Gasteiger partial charge is 0.318 e. The van der Waals surface area contributed by atoms with Gasteiger partial charge >= 0.3 is 6.01 Å². The predicted octanol–water partition coefficient (Wildman–Crippen LogP) is 1.82. The van der Waals surface area contributed by atoms with Crippen molar-refractivity contribution in [2.45, 2.75) is 13.1 Å². The highest BCUT2D eigenvalue weighted by molar-refractivity contribution is 6.43. The van der Waals surface area contributed by atoms with Gasteiger partial charge in [-0.15, -0.1) is 0 Å². The van der Waals surface area contributed by atoms with E-state index in [2.05, 4.69) is 49.8 Å². The standard InChI is InChI=1S/C21H27ClFN7O2/c1-13(22)17(25-15(3)24-4)11-28-10-16-18(12-28)26-21(32-5)27-19(16)29-6-8-30(9-7-29)20(31)14(2)23/h24H,1-3,6-12H2,4-5H3/b25-17-. The first-order valence-corrected chi connectivity index (χ1v) is 10.4. The predicted molar refractivity (Wildman–Crippen MR) is 122 cm³/mol. The molecule has 0 saturated carbocycles. The first-order chi connectivity index (χ1) is 15.2. The zero-order chi connectivity index (χ0) is 23.4. The maximum atomic E-state index is 13.2. The molecule has 2 aliphatic rings. The lowest BCUT2D eigenvalue weighted by Crippen LogP contribution is -2.49. The molecule has 172 valence electrons. The van der Waals surface area contributed by atoms with Crippen LogP contribution in [0.25, 0.3) is 0 Å². The highest BCUT2D eigenvalue weighted by Crippen LogP contribution is 2.32. The van der Waals surface area contributed by atoms with Crippen molar-refractivity contribution in [2.24, 2.45) is 4.99 Å². The van der Waals surface area contributed by atoms with Crippen molar-refractivity contribution in [3.63, 3.8) is 0 Å². The van der Waals surface area contributed by atoms with Gasteiger partial charge in [0, 0.05) is 58.4 Å². The number of fused-ring (bicyclic) bond motifs is 1. The van der Waals surface area contributed by atoms with E-state index in [-0.39, 0.29) is 6.01 Å². The van der Waals surface area contributed by atoms with E-state index in [1.54, 1.807) is 7.05 Å². The van der Waals surface area contributed by atoms with Gasteiger partial charge in [-0.1, -0.05) is 31.3 Å². The number of amides is 1. The number of aliphatic imine (C=N–C) groups is 1. The van der Waals surface area contributed by atoms with Gasteiger partial charge in [-0.25, -0.2) is 9.38 Å². The Morgan fingerprint density at radius 1 is 1.22 bits per heavy atom. The lowest BCUT2D eigenvalue weighted by atomic mass is 10.2. The van der Waals surface area contributed by atoms with Gasteiger partial charge in [0.25, 0.3) is 5.91 Å². The van der Waals surface area contributed by atoms with E-state index >= 15 is 0 Å². The van der Waals surface area contributed by atoms with Gasteiger partial charge in [-0.05, 0) is 0 Å². The SMILES string of the molecule is C=C(/N=C(/CN1Cc2nc(OC)nc(N3CCN(C(=O)C(=C)F)CC3)c2C1)C(=C)Cl)NC. The number of carbonyl (C=O) groups is 1. The van der Waals surface area contributed by atoms with Gasteiger partial charge in [0.1, 0.15) is 11.6 Å². The van der Waals surface area contributed by atoms with Gasteiger partial charge in [0.2, 0.25) is 0 Å². The molecule has 1 saturated heterocycles. The summed E-state index contributed by atoms with van der Waals surface area (Å²) in [6.07, 6.45) is 0. The molecule has 1 amide bonds. The lowest BCUT2D eigenvalue weighted by Gasteiger charge is -2.35. The summed E-state index contributed by atoms with van der Waals surface area (Å²) in [6.45, 7) is 14.1. The summed E-state index contributed by atoms with van der Waals surface area (Å²) in [5, 5.41) is 3.22. The number of anilines is 1. The Bertz CT molecular complexity index is 973. The Morgan fingerprint density at radius 2 is 1.91 bits per heavy atom. The molecule has 1 fully saturated rings. The van der Waals surface area contributed by atoms with Crippen molar-refractivity contribution in [1.82, 2.24) is 25.1 Å². The molecule has 0 radical (unpaired) electrons. The van der Waals surface area contributed by atoms with Gasteiger partial charge in [-0.3, -0.25) is 9.69 Å². The lowest BCUT2D eigenvalue weighted by molar-refractivity contribution is -0.128. The van der Waals surface area contributed by atoms with Crippen LogP contribution in [0.4, 0.5) is 10.2 Å². The van der Waals surface area contributed by atoms with Crippen LogP contribution < -0.4 is 15.0 Å². The number of carbonyl (C=O) groups excluding carboxylic acids is 1. The third-order valence-corrected chi connectivity index (χ3v) is 5.55. The quantitative estimate of drug-likeness (QED) is 0.465. The second-order valence-corrected chi connectivity index (χ2v) is 7.90. The van der Waals surface area contributed by atoms with E-state index in [0.717, 1.165) is 17.1 Å². The fraction of sp³-hybridized carbons (Fsp3) is 0.429. The molecule has 11 heteroatoms. The summed E-state index contributed by atoms with van der Waals surface area (Å²) in [5.41, 5.74) is 2.45. The number of nitrogens with one attached hydrogen (secondary N) is 1. The minimum atomic E-state index is -0.946. The average molecular weight is 464 g/mol. The largest absolute Gasteiger partial charge is 0.467 e. The molecule has 1 aromatic rings. The highest BCUT2D eigenvalue weighted by atomic mass is 35.5. The number of nitrogens with zero attached hydrogens (tertiary/aromatic N) is 6. The van der Waals surface area contributed by atoms with Crippen molar-refractivity contribution in [3.8, 4) is 6.01 Å². The Morgan fingerprint density at radius 3 is 2.47 bits per heavy atom. The van der Waals surface area contributed by atoms with Crippen LogP contribution in [0.15, 0.2) is 41.4 Å². The monoisotopic (exact) mass is 463 g/mol. The zero-order valence-corrected chi connectivity index (χ0v) is 19.1. The van der Waals surface area contributed by atoms with Gasteiger partial charge in [-0.2, -0.15) is 9.97 Å². The third kappa shape index (κ3) is 5.25. The zero-order valence-electron chi connectivity index (χ0n) is 18.3. The van der Waals surface area contributed by atoms with Crippen LogP contribution >= 0.6 is 11.6 Å². The van der Waals surface area contributed by atoms with Crippen LogP contribution in [0, 0.1) is 0 Å². The summed E-state index contributed by atoms with van der Waals surface area (Å²) in [7, 11) is 3.25. The molecule has 1 aromatic heterocycles. The summed E-state index contributed by atoms with van der Waals surface area (Å²) >= 11 is 6.15. The number of piperazine rings is 1. The van der Waals surface area contributed by atoms with Gasteiger partial charge < -0.3 is 19.9 Å². The van der Waals surface area contributed by atoms with Crippen LogP contribution in [-0.2, 0) is 17.9 Å². The number of halogens is 2. The Labute approximate surface area is 191 Å². The first-order valence-electron chi connectivity index (χ1n) is 10.1. The average Bonchev–Trinajstić information content (AvgIpc) is 3.19. The molecule has 9 nitrogen and oxygen atoms in total. The maximum absolute atomic E-state index is 13.2. The number of hydrogen-bond acceptors (Lipinski definition) is 8. The Balaban J connectivity index is 1.79. The molecule has 0 atom stereocenters. The fourth-order valence-corrected chi connectivity index (χ4v) is 3.75. The second kappa shape index (κ2) is 10.1. The molecular weight excluding hydrogens is 437 g/mol. The normalized spacial score (nSPS) is 16.6. The van der Waals surface area contributed by atoms with E-state index in [1.165, 1.54) is 12.0 Å². The minimum absolute atomic E-state index is 0.274. The summed E-state index contributed by atoms with van der Waals surface area (Å²) < 4.78 is 18.5. The maximum Gasteiger partial charge on any atom is 0.318 e. The molecule has 32 heavy (non-hydrogen) atoms. The number of rotatable bonds is 8. The summed E-state index contributed by atoms with van der Waals surface area (Å²) in [4.78, 5) is 31.0. The van der Waals surface area contributed by atoms with Crippen LogP contribution in [0.1, 0.15) is 11.3 Å². The van der Waals surface area contributed by atoms with Crippen molar-refractivity contribution in [1.29, 1.82) is 0 Å². The summed E-state index contributed by atoms with van der Waals surface area (Å²) in [5.74, 6) is -0.372. The summed E-state index contributed by atoms with van der Waals surface area (Å²) in [6, 6.07) is 0.274. The van der Waals surface area contributed by atoms with Crippen LogP contribution in [0.2, 0.25) is 0 Å². The highest BCUT2D eigenvalue weighted by Gasteiger charge is 2.31. The van der Waals surface area contributed by atoms with Crippen molar-refractivity contribution < 1.29 is 13.9 Å². The van der Waals surface area contributed by atoms with Crippen LogP contribution in [-0.4, -0.2) is 78.3 Å². The molecule has 0 bridgehead atoms. The number of ether oxygens (including phenoxy) is 1. The minimum Gasteiger partial charge on any atom is -0.467 e. The number of hydrogen-bond donors (Lipinski definition) is 1. The molecule has 0 spiro atoms. The van der Waals surface area contributed by atoms with Crippen molar-refractivity contribution in [2.75, 3.05) is 51.8 Å². The van der Waals surface area contributed by atoms with E-state index in [1.807, 2.05) is 0 Å². The molecule has 0 aromatic carbocycles. The Hall–Kier alpha value is -2.98. The molecule has 2 aliphatic heterocycles. The van der Waals surface area contributed by atoms with Crippen molar-refractivity contribution in [3.05, 3.63) is 47.7 Å². The van der Waals surface area contributed by atoms with E-state index in [9.17, 15) is 9.18 Å². The van der Waals surface area contributed by atoms with E-state index in [0.29, 0.717) is 62.4 Å². The third-order valence-electron chi connectivity index (χ3n) is 5.33. The molecule has 3 rings (SSSR count). The second-order valence-electron chi connectivity index (χ2n) is 7.45. The topological polar surface area (TPSA) is 86.2 Å². The fourth-order valence-electron chi connectivity index (χ4n) is 3.65. The molecule has 3 heterocycles. The molecule has 1 N–H and O–H groups in total. The first kappa shape index (κ1) is 23.7. The van der Waals surface area contributed by atoms with Crippen LogP contribution in [0.3, 0.4) is 0 Å². The van der Waals surface area contributed by atoms with Gasteiger partial charge in [0.05, 0.1) is 23.5 Å². The molecule has 0 aliphatic carbocycles. The van der Waals surface area contributed by atoms with Gasteiger partial charge in [0.15, 0.2) is 5.83 Å². The number of methoxy groups -OCH3 is 1. The number of aromatic nitrogens is 2. The van der Waals surface area contributed by atoms with Crippen molar-refractivity contribution >= 4 is 29.0 Å². The van der Waals surface area contributed by atoms with E-state index in [4.69, 9.17) is 16.3 Å². The Kier molecular flexibility index (Phi) is 7.47. The molecule has 0 unspecified atom stereocenters. The van der Waals surface area contributed by atoms with E-state index < -0.39 is 11.7 Å².